The van der Waals surface area contributed by atoms with E-state index in [1.54, 1.807) is 0 Å². The number of hydrogen-bond acceptors (Lipinski definition) is 2. The van der Waals surface area contributed by atoms with Crippen molar-refractivity contribution in [3.8, 4) is 0 Å². The predicted octanol–water partition coefficient (Wildman–Crippen LogP) is 1.80. The highest BCUT2D eigenvalue weighted by Crippen LogP contribution is 2.32. The maximum absolute atomic E-state index is 11.4. The highest BCUT2D eigenvalue weighted by molar-refractivity contribution is 6.48. The van der Waals surface area contributed by atoms with E-state index in [0.717, 1.165) is 31.4 Å². The first-order valence-electron chi connectivity index (χ1n) is 4.80. The fourth-order valence-electron chi connectivity index (χ4n) is 1.95. The molecule has 0 bridgehead atoms. The Morgan fingerprint density at radius 3 is 2.92 bits per heavy atom. The number of hydrazone groups is 1. The van der Waals surface area contributed by atoms with Gasteiger partial charge < -0.3 is 0 Å². The molecule has 0 spiro atoms. The smallest absolute Gasteiger partial charge is 0.267 e. The van der Waals surface area contributed by atoms with Crippen LogP contribution in [-0.2, 0) is 4.79 Å². The Morgan fingerprint density at radius 2 is 2.08 bits per heavy atom. The first-order valence-corrected chi connectivity index (χ1v) is 5.18. The minimum Gasteiger partial charge on any atom is -0.271 e. The number of rotatable bonds is 0. The van der Waals surface area contributed by atoms with Crippen LogP contribution in [0.3, 0.4) is 0 Å². The molecule has 72 valence electrons. The van der Waals surface area contributed by atoms with Gasteiger partial charge in [-0.3, -0.25) is 4.79 Å². The second-order valence-electron chi connectivity index (χ2n) is 3.71. The Labute approximate surface area is 82.5 Å². The molecule has 1 saturated carbocycles. The van der Waals surface area contributed by atoms with Gasteiger partial charge >= 0.3 is 0 Å². The summed E-state index contributed by atoms with van der Waals surface area (Å²) in [5.74, 6) is -0.133. The zero-order chi connectivity index (χ0) is 9.31. The second kappa shape index (κ2) is 3.29. The lowest BCUT2D eigenvalue weighted by Crippen LogP contribution is -2.40. The molecule has 2 aliphatic rings. The molecular formula is C9H13ClN2O. The zero-order valence-electron chi connectivity index (χ0n) is 7.48. The van der Waals surface area contributed by atoms with E-state index in [1.165, 1.54) is 12.8 Å². The van der Waals surface area contributed by atoms with E-state index < -0.39 is 4.87 Å². The minimum atomic E-state index is -0.805. The normalized spacial score (nSPS) is 34.2. The summed E-state index contributed by atoms with van der Waals surface area (Å²) in [5.41, 5.74) is 3.32. The quantitative estimate of drug-likeness (QED) is 0.596. The maximum atomic E-state index is 11.4. The number of nitrogens with zero attached hydrogens (tertiary/aromatic N) is 1. The molecule has 4 heteroatoms. The van der Waals surface area contributed by atoms with Crippen molar-refractivity contribution >= 4 is 23.2 Å². The van der Waals surface area contributed by atoms with Gasteiger partial charge in [0.15, 0.2) is 4.87 Å². The number of nitrogens with one attached hydrogen (secondary N) is 1. The average molecular weight is 201 g/mol. The number of carbonyl (C=O) groups excluding carboxylic acids is 1. The molecule has 0 saturated heterocycles. The van der Waals surface area contributed by atoms with Crippen molar-refractivity contribution in [1.29, 1.82) is 0 Å². The Hall–Kier alpha value is -0.570. The van der Waals surface area contributed by atoms with Crippen molar-refractivity contribution < 1.29 is 4.79 Å². The lowest BCUT2D eigenvalue weighted by molar-refractivity contribution is -0.121. The van der Waals surface area contributed by atoms with Gasteiger partial charge in [-0.1, -0.05) is 19.3 Å². The molecule has 0 aromatic carbocycles. The first kappa shape index (κ1) is 9.00. The van der Waals surface area contributed by atoms with Crippen molar-refractivity contribution in [2.45, 2.75) is 43.4 Å². The zero-order valence-corrected chi connectivity index (χ0v) is 8.23. The number of alkyl halides is 1. The lowest BCUT2D eigenvalue weighted by atomic mass is 9.89. The summed E-state index contributed by atoms with van der Waals surface area (Å²) in [6.45, 7) is 0. The number of amides is 1. The highest BCUT2D eigenvalue weighted by atomic mass is 35.5. The summed E-state index contributed by atoms with van der Waals surface area (Å²) >= 11 is 6.26. The van der Waals surface area contributed by atoms with Gasteiger partial charge in [-0.05, 0) is 19.3 Å². The SMILES string of the molecule is O=C1NN=C2CCCCCCC12Cl. The topological polar surface area (TPSA) is 41.5 Å². The number of hydrogen-bond donors (Lipinski definition) is 1. The lowest BCUT2D eigenvalue weighted by Gasteiger charge is -2.22. The average Bonchev–Trinajstić information content (AvgIpc) is 2.33. The van der Waals surface area contributed by atoms with Crippen LogP contribution in [0.15, 0.2) is 5.10 Å². The molecule has 1 N–H and O–H groups in total. The fraction of sp³-hybridized carbons (Fsp3) is 0.778. The van der Waals surface area contributed by atoms with E-state index in [2.05, 4.69) is 10.5 Å². The van der Waals surface area contributed by atoms with Crippen molar-refractivity contribution in [2.24, 2.45) is 5.10 Å². The molecule has 1 unspecified atom stereocenters. The van der Waals surface area contributed by atoms with Gasteiger partial charge in [0.25, 0.3) is 5.91 Å². The second-order valence-corrected chi connectivity index (χ2v) is 4.36. The molecule has 2 rings (SSSR count). The van der Waals surface area contributed by atoms with Gasteiger partial charge in [0.05, 0.1) is 5.71 Å². The van der Waals surface area contributed by atoms with Gasteiger partial charge in [0.2, 0.25) is 0 Å². The molecule has 1 heterocycles. The summed E-state index contributed by atoms with van der Waals surface area (Å²) in [5, 5.41) is 4.00. The third-order valence-corrected chi connectivity index (χ3v) is 3.37. The maximum Gasteiger partial charge on any atom is 0.267 e. The molecule has 1 atom stereocenters. The molecule has 13 heavy (non-hydrogen) atoms. The molecule has 3 nitrogen and oxygen atoms in total. The molecule has 1 amide bonds. The molecule has 1 fully saturated rings. The Morgan fingerprint density at radius 1 is 1.31 bits per heavy atom. The van der Waals surface area contributed by atoms with Crippen LogP contribution in [-0.4, -0.2) is 16.5 Å². The molecule has 0 aromatic rings. The van der Waals surface area contributed by atoms with Crippen LogP contribution in [0.2, 0.25) is 0 Å². The van der Waals surface area contributed by atoms with E-state index in [4.69, 9.17) is 11.6 Å². The van der Waals surface area contributed by atoms with Gasteiger partial charge in [-0.25, -0.2) is 5.43 Å². The molecular weight excluding hydrogens is 188 g/mol. The van der Waals surface area contributed by atoms with Gasteiger partial charge in [-0.2, -0.15) is 5.10 Å². The van der Waals surface area contributed by atoms with Crippen molar-refractivity contribution in [1.82, 2.24) is 5.43 Å². The van der Waals surface area contributed by atoms with Crippen LogP contribution >= 0.6 is 11.6 Å². The monoisotopic (exact) mass is 200 g/mol. The molecule has 1 aliphatic heterocycles. The summed E-state index contributed by atoms with van der Waals surface area (Å²) in [6, 6.07) is 0. The van der Waals surface area contributed by atoms with Crippen molar-refractivity contribution in [3.63, 3.8) is 0 Å². The molecule has 0 radical (unpaired) electrons. The summed E-state index contributed by atoms with van der Waals surface area (Å²) in [4.78, 5) is 10.6. The van der Waals surface area contributed by atoms with Crippen molar-refractivity contribution in [2.75, 3.05) is 0 Å². The highest BCUT2D eigenvalue weighted by Gasteiger charge is 2.45. The van der Waals surface area contributed by atoms with Crippen molar-refractivity contribution in [3.05, 3.63) is 0 Å². The fourth-order valence-corrected chi connectivity index (χ4v) is 2.27. The van der Waals surface area contributed by atoms with Crippen LogP contribution in [0.5, 0.6) is 0 Å². The summed E-state index contributed by atoms with van der Waals surface area (Å²) in [6.07, 6.45) is 6.12. The van der Waals surface area contributed by atoms with Crippen LogP contribution in [0.4, 0.5) is 0 Å². The summed E-state index contributed by atoms with van der Waals surface area (Å²) < 4.78 is 0. The standard InChI is InChI=1S/C9H13ClN2O/c10-9-6-4-2-1-3-5-7(9)11-12-8(9)13/h1-6H2,(H,12,13). The number of fused-ring (bicyclic) bond motifs is 1. The Kier molecular flexibility index (Phi) is 2.28. The van der Waals surface area contributed by atoms with E-state index >= 15 is 0 Å². The van der Waals surface area contributed by atoms with Gasteiger partial charge in [0.1, 0.15) is 0 Å². The van der Waals surface area contributed by atoms with E-state index in [9.17, 15) is 4.79 Å². The molecule has 1 aliphatic carbocycles. The predicted molar refractivity (Wildman–Crippen MR) is 51.9 cm³/mol. The number of carbonyl (C=O) groups is 1. The third-order valence-electron chi connectivity index (χ3n) is 2.79. The largest absolute Gasteiger partial charge is 0.271 e. The van der Waals surface area contributed by atoms with Crippen LogP contribution < -0.4 is 5.43 Å². The van der Waals surface area contributed by atoms with E-state index in [1.807, 2.05) is 0 Å². The summed E-state index contributed by atoms with van der Waals surface area (Å²) in [7, 11) is 0. The minimum absolute atomic E-state index is 0.133. The van der Waals surface area contributed by atoms with Gasteiger partial charge in [-0.15, -0.1) is 11.6 Å². The van der Waals surface area contributed by atoms with E-state index in [0.29, 0.717) is 0 Å². The Balaban J connectivity index is 2.21. The van der Waals surface area contributed by atoms with Crippen LogP contribution in [0.25, 0.3) is 0 Å². The molecule has 0 aromatic heterocycles. The third kappa shape index (κ3) is 1.46. The number of halogens is 1. The Bertz CT molecular complexity index is 264. The van der Waals surface area contributed by atoms with Gasteiger partial charge in [0, 0.05) is 0 Å². The first-order chi connectivity index (χ1) is 6.23. The van der Waals surface area contributed by atoms with E-state index in [-0.39, 0.29) is 5.91 Å². The van der Waals surface area contributed by atoms with Crippen LogP contribution in [0.1, 0.15) is 38.5 Å². The van der Waals surface area contributed by atoms with Crippen LogP contribution in [0, 0.1) is 0 Å².